The highest BCUT2D eigenvalue weighted by Crippen LogP contribution is 2.11. The Balaban J connectivity index is 0.00000242. The van der Waals surface area contributed by atoms with Crippen LogP contribution in [0.5, 0.6) is 0 Å². The maximum atomic E-state index is 11.9. The van der Waals surface area contributed by atoms with E-state index < -0.39 is 10.0 Å². The van der Waals surface area contributed by atoms with E-state index in [1.165, 1.54) is 0 Å². The van der Waals surface area contributed by atoms with Crippen LogP contribution in [-0.2, 0) is 21.4 Å². The number of rotatable bonds is 6. The second-order valence-electron chi connectivity index (χ2n) is 5.01. The lowest BCUT2D eigenvalue weighted by molar-refractivity contribution is -0.122. The van der Waals surface area contributed by atoms with Crippen LogP contribution in [0.4, 0.5) is 0 Å². The third-order valence-electron chi connectivity index (χ3n) is 3.41. The molecular formula is C14H22ClN3O3S. The van der Waals surface area contributed by atoms with Crippen molar-refractivity contribution in [3.63, 3.8) is 0 Å². The molecule has 1 aliphatic rings. The summed E-state index contributed by atoms with van der Waals surface area (Å²) in [5.41, 5.74) is 0.872. The Labute approximate surface area is 137 Å². The molecule has 22 heavy (non-hydrogen) atoms. The average Bonchev–Trinajstić information content (AvgIpc) is 2.99. The van der Waals surface area contributed by atoms with Gasteiger partial charge in [-0.25, -0.2) is 13.1 Å². The Kier molecular flexibility index (Phi) is 7.28. The Hall–Kier alpha value is -1.15. The van der Waals surface area contributed by atoms with Crippen LogP contribution in [0.3, 0.4) is 0 Å². The molecule has 0 bridgehead atoms. The van der Waals surface area contributed by atoms with Crippen LogP contribution in [0, 0.1) is 0 Å². The highest BCUT2D eigenvalue weighted by molar-refractivity contribution is 7.89. The predicted molar refractivity (Wildman–Crippen MR) is 87.4 cm³/mol. The standard InChI is InChI=1S/C14H21N3O3S.ClH/c1-2-17-21(19,20)12-7-5-11(6-8-12)10-16-14(18)13-4-3-9-15-13;/h5-8,13,15,17H,2-4,9-10H2,1H3,(H,16,18);1H. The lowest BCUT2D eigenvalue weighted by Gasteiger charge is -2.11. The van der Waals surface area contributed by atoms with Crippen LogP contribution < -0.4 is 15.4 Å². The van der Waals surface area contributed by atoms with Gasteiger partial charge in [-0.2, -0.15) is 0 Å². The molecule has 3 N–H and O–H groups in total. The number of amides is 1. The Morgan fingerprint density at radius 1 is 1.32 bits per heavy atom. The molecule has 1 aromatic rings. The van der Waals surface area contributed by atoms with Gasteiger partial charge in [-0.3, -0.25) is 4.79 Å². The lowest BCUT2D eigenvalue weighted by atomic mass is 10.2. The fourth-order valence-corrected chi connectivity index (χ4v) is 3.32. The molecule has 1 aliphatic heterocycles. The third kappa shape index (κ3) is 4.95. The lowest BCUT2D eigenvalue weighted by Crippen LogP contribution is -2.39. The molecule has 1 heterocycles. The Morgan fingerprint density at radius 3 is 2.55 bits per heavy atom. The number of hydrogen-bond donors (Lipinski definition) is 3. The van der Waals surface area contributed by atoms with Crippen LogP contribution in [0.15, 0.2) is 29.2 Å². The zero-order valence-corrected chi connectivity index (χ0v) is 14.1. The minimum absolute atomic E-state index is 0. The third-order valence-corrected chi connectivity index (χ3v) is 4.97. The van der Waals surface area contributed by atoms with E-state index in [9.17, 15) is 13.2 Å². The zero-order valence-electron chi connectivity index (χ0n) is 12.5. The summed E-state index contributed by atoms with van der Waals surface area (Å²) in [6.07, 6.45) is 1.89. The second-order valence-corrected chi connectivity index (χ2v) is 6.78. The van der Waals surface area contributed by atoms with Crippen molar-refractivity contribution in [1.82, 2.24) is 15.4 Å². The first-order valence-corrected chi connectivity index (χ1v) is 8.61. The molecule has 1 unspecified atom stereocenters. The number of hydrogen-bond acceptors (Lipinski definition) is 4. The van der Waals surface area contributed by atoms with Crippen LogP contribution in [0.1, 0.15) is 25.3 Å². The summed E-state index contributed by atoms with van der Waals surface area (Å²) in [5.74, 6) is -0.00292. The van der Waals surface area contributed by atoms with Gasteiger partial charge < -0.3 is 10.6 Å². The van der Waals surface area contributed by atoms with Crippen molar-refractivity contribution >= 4 is 28.3 Å². The van der Waals surface area contributed by atoms with Crippen molar-refractivity contribution in [1.29, 1.82) is 0 Å². The van der Waals surface area contributed by atoms with Gasteiger partial charge in [-0.15, -0.1) is 12.4 Å². The summed E-state index contributed by atoms with van der Waals surface area (Å²) in [6, 6.07) is 6.43. The van der Waals surface area contributed by atoms with Gasteiger partial charge in [-0.05, 0) is 37.1 Å². The van der Waals surface area contributed by atoms with Crippen LogP contribution in [0.25, 0.3) is 0 Å². The van der Waals surface area contributed by atoms with E-state index in [2.05, 4.69) is 15.4 Å². The van der Waals surface area contributed by atoms with E-state index in [0.29, 0.717) is 13.1 Å². The maximum absolute atomic E-state index is 11.9. The van der Waals surface area contributed by atoms with E-state index in [-0.39, 0.29) is 29.3 Å². The van der Waals surface area contributed by atoms with Crippen molar-refractivity contribution < 1.29 is 13.2 Å². The fourth-order valence-electron chi connectivity index (χ4n) is 2.28. The molecule has 1 fully saturated rings. The molecule has 1 saturated heterocycles. The normalized spacial score (nSPS) is 17.8. The molecule has 0 aromatic heterocycles. The monoisotopic (exact) mass is 347 g/mol. The summed E-state index contributed by atoms with van der Waals surface area (Å²) >= 11 is 0. The van der Waals surface area contributed by atoms with E-state index in [0.717, 1.165) is 24.9 Å². The molecule has 0 aliphatic carbocycles. The summed E-state index contributed by atoms with van der Waals surface area (Å²) in [4.78, 5) is 12.1. The van der Waals surface area contributed by atoms with Gasteiger partial charge in [0.25, 0.3) is 0 Å². The maximum Gasteiger partial charge on any atom is 0.240 e. The molecule has 6 nitrogen and oxygen atoms in total. The predicted octanol–water partition coefficient (Wildman–Crippen LogP) is 0.775. The number of halogens is 1. The Morgan fingerprint density at radius 2 is 2.00 bits per heavy atom. The fraction of sp³-hybridized carbons (Fsp3) is 0.500. The van der Waals surface area contributed by atoms with E-state index in [1.54, 1.807) is 31.2 Å². The minimum atomic E-state index is -3.42. The van der Waals surface area contributed by atoms with Crippen molar-refractivity contribution in [2.24, 2.45) is 0 Å². The number of benzene rings is 1. The van der Waals surface area contributed by atoms with Crippen molar-refractivity contribution in [2.45, 2.75) is 37.2 Å². The number of carbonyl (C=O) groups excluding carboxylic acids is 1. The van der Waals surface area contributed by atoms with E-state index in [1.807, 2.05) is 0 Å². The van der Waals surface area contributed by atoms with Crippen molar-refractivity contribution in [3.8, 4) is 0 Å². The zero-order chi connectivity index (χ0) is 15.3. The van der Waals surface area contributed by atoms with Gasteiger partial charge in [0.15, 0.2) is 0 Å². The summed E-state index contributed by atoms with van der Waals surface area (Å²) in [5, 5.41) is 5.99. The summed E-state index contributed by atoms with van der Waals surface area (Å²) < 4.78 is 26.0. The average molecular weight is 348 g/mol. The smallest absolute Gasteiger partial charge is 0.240 e. The van der Waals surface area contributed by atoms with E-state index >= 15 is 0 Å². The quantitative estimate of drug-likeness (QED) is 0.709. The molecule has 0 saturated carbocycles. The first-order valence-electron chi connectivity index (χ1n) is 7.12. The summed E-state index contributed by atoms with van der Waals surface area (Å²) in [7, 11) is -3.42. The van der Waals surface area contributed by atoms with E-state index in [4.69, 9.17) is 0 Å². The first-order chi connectivity index (χ1) is 10.0. The molecule has 8 heteroatoms. The number of carbonyl (C=O) groups is 1. The van der Waals surface area contributed by atoms with Crippen molar-refractivity contribution in [2.75, 3.05) is 13.1 Å². The van der Waals surface area contributed by atoms with Crippen LogP contribution in [-0.4, -0.2) is 33.5 Å². The molecule has 124 valence electrons. The number of nitrogens with one attached hydrogen (secondary N) is 3. The SMILES string of the molecule is CCNS(=O)(=O)c1ccc(CNC(=O)C2CCCN2)cc1.Cl. The topological polar surface area (TPSA) is 87.3 Å². The highest BCUT2D eigenvalue weighted by atomic mass is 35.5. The highest BCUT2D eigenvalue weighted by Gasteiger charge is 2.21. The van der Waals surface area contributed by atoms with Gasteiger partial charge >= 0.3 is 0 Å². The molecule has 0 spiro atoms. The molecule has 2 rings (SSSR count). The van der Waals surface area contributed by atoms with Crippen LogP contribution >= 0.6 is 12.4 Å². The van der Waals surface area contributed by atoms with Crippen LogP contribution in [0.2, 0.25) is 0 Å². The number of sulfonamides is 1. The van der Waals surface area contributed by atoms with Gasteiger partial charge in [-0.1, -0.05) is 19.1 Å². The largest absolute Gasteiger partial charge is 0.351 e. The Bertz CT molecular complexity index is 584. The van der Waals surface area contributed by atoms with Gasteiger partial charge in [0.2, 0.25) is 15.9 Å². The van der Waals surface area contributed by atoms with Gasteiger partial charge in [0, 0.05) is 13.1 Å². The minimum Gasteiger partial charge on any atom is -0.351 e. The second kappa shape index (κ2) is 8.47. The molecular weight excluding hydrogens is 326 g/mol. The van der Waals surface area contributed by atoms with Gasteiger partial charge in [0.1, 0.15) is 0 Å². The molecule has 0 radical (unpaired) electrons. The molecule has 1 aromatic carbocycles. The van der Waals surface area contributed by atoms with Gasteiger partial charge in [0.05, 0.1) is 10.9 Å². The molecule has 1 amide bonds. The first kappa shape index (κ1) is 18.9. The summed E-state index contributed by atoms with van der Waals surface area (Å²) in [6.45, 7) is 3.38. The molecule has 1 atom stereocenters. The van der Waals surface area contributed by atoms with Crippen molar-refractivity contribution in [3.05, 3.63) is 29.8 Å².